The highest BCUT2D eigenvalue weighted by Gasteiger charge is 2.14. The van der Waals surface area contributed by atoms with E-state index < -0.39 is 6.04 Å². The quantitative estimate of drug-likeness (QED) is 0.739. The number of carbonyl (C=O) groups excluding carboxylic acids is 1. The molecule has 4 nitrogen and oxygen atoms in total. The van der Waals surface area contributed by atoms with E-state index in [0.29, 0.717) is 6.42 Å². The van der Waals surface area contributed by atoms with E-state index in [4.69, 9.17) is 5.11 Å². The highest BCUT2D eigenvalue weighted by atomic mass is 16.3. The zero-order valence-corrected chi connectivity index (χ0v) is 7.80. The summed E-state index contributed by atoms with van der Waals surface area (Å²) in [6, 6.07) is 5.53. The minimum Gasteiger partial charge on any atom is -0.508 e. The molecular formula is C10H11NO3. The Morgan fingerprint density at radius 2 is 2.00 bits per heavy atom. The zero-order chi connectivity index (χ0) is 10.6. The molecule has 0 saturated carbocycles. The molecule has 14 heavy (non-hydrogen) atoms. The maximum atomic E-state index is 10.9. The Hall–Kier alpha value is -1.71. The third-order valence-electron chi connectivity index (χ3n) is 1.96. The molecule has 4 heteroatoms. The molecule has 0 spiro atoms. The van der Waals surface area contributed by atoms with Crippen LogP contribution in [0, 0.1) is 4.91 Å². The molecule has 1 aromatic carbocycles. The van der Waals surface area contributed by atoms with Crippen molar-refractivity contribution in [3.8, 4) is 5.75 Å². The average molecular weight is 193 g/mol. The van der Waals surface area contributed by atoms with Gasteiger partial charge in [0.05, 0.1) is 0 Å². The Morgan fingerprint density at radius 1 is 1.43 bits per heavy atom. The second kappa shape index (κ2) is 4.50. The van der Waals surface area contributed by atoms with E-state index in [1.54, 1.807) is 12.1 Å². The molecule has 1 unspecified atom stereocenters. The lowest BCUT2D eigenvalue weighted by molar-refractivity contribution is -0.118. The molecule has 1 N–H and O–H groups in total. The van der Waals surface area contributed by atoms with Gasteiger partial charge in [0.1, 0.15) is 5.75 Å². The van der Waals surface area contributed by atoms with Crippen molar-refractivity contribution in [1.82, 2.24) is 0 Å². The Labute approximate surface area is 81.5 Å². The standard InChI is InChI=1S/C10H11NO3/c1-7(12)10(11-14)6-8-2-4-9(13)5-3-8/h2-5,10,13H,6H2,1H3. The van der Waals surface area contributed by atoms with Gasteiger partial charge in [-0.1, -0.05) is 17.3 Å². The van der Waals surface area contributed by atoms with Gasteiger partial charge >= 0.3 is 0 Å². The highest BCUT2D eigenvalue weighted by molar-refractivity contribution is 5.81. The molecule has 0 saturated heterocycles. The van der Waals surface area contributed by atoms with E-state index in [-0.39, 0.29) is 11.5 Å². The number of nitroso groups, excluding NO2 is 1. The number of aromatic hydroxyl groups is 1. The van der Waals surface area contributed by atoms with Crippen molar-refractivity contribution in [2.75, 3.05) is 0 Å². The van der Waals surface area contributed by atoms with Gasteiger partial charge in [0.25, 0.3) is 0 Å². The second-order valence-corrected chi connectivity index (χ2v) is 3.10. The van der Waals surface area contributed by atoms with Gasteiger partial charge in [0, 0.05) is 6.42 Å². The summed E-state index contributed by atoms with van der Waals surface area (Å²) in [5, 5.41) is 11.7. The third kappa shape index (κ3) is 2.65. The van der Waals surface area contributed by atoms with Crippen LogP contribution in [0.15, 0.2) is 29.4 Å². The van der Waals surface area contributed by atoms with Crippen LogP contribution in [-0.2, 0) is 11.2 Å². The number of ketones is 1. The monoisotopic (exact) mass is 193 g/mol. The van der Waals surface area contributed by atoms with Gasteiger partial charge in [-0.15, -0.1) is 0 Å². The number of benzene rings is 1. The lowest BCUT2D eigenvalue weighted by atomic mass is 10.0. The predicted octanol–water partition coefficient (Wildman–Crippen LogP) is 1.66. The van der Waals surface area contributed by atoms with Gasteiger partial charge in [0.15, 0.2) is 11.8 Å². The van der Waals surface area contributed by atoms with Crippen molar-refractivity contribution < 1.29 is 9.90 Å². The molecule has 0 fully saturated rings. The molecule has 1 aromatic rings. The summed E-state index contributed by atoms with van der Waals surface area (Å²) in [5.41, 5.74) is 0.808. The van der Waals surface area contributed by atoms with Crippen LogP contribution in [0.3, 0.4) is 0 Å². The molecule has 0 heterocycles. The van der Waals surface area contributed by atoms with E-state index in [9.17, 15) is 9.70 Å². The Balaban J connectivity index is 2.72. The molecule has 0 amide bonds. The summed E-state index contributed by atoms with van der Waals surface area (Å²) >= 11 is 0. The summed E-state index contributed by atoms with van der Waals surface area (Å²) in [6.45, 7) is 1.34. The molecule has 1 rings (SSSR count). The number of hydrogen-bond acceptors (Lipinski definition) is 4. The predicted molar refractivity (Wildman–Crippen MR) is 52.1 cm³/mol. The molecule has 74 valence electrons. The molecule has 0 aromatic heterocycles. The van der Waals surface area contributed by atoms with Crippen LogP contribution in [0.1, 0.15) is 12.5 Å². The third-order valence-corrected chi connectivity index (χ3v) is 1.96. The van der Waals surface area contributed by atoms with Crippen molar-refractivity contribution in [2.24, 2.45) is 5.18 Å². The van der Waals surface area contributed by atoms with Crippen molar-refractivity contribution in [2.45, 2.75) is 19.4 Å². The number of phenolic OH excluding ortho intramolecular Hbond substituents is 1. The number of nitrogens with zero attached hydrogens (tertiary/aromatic N) is 1. The normalized spacial score (nSPS) is 12.1. The highest BCUT2D eigenvalue weighted by Crippen LogP contribution is 2.12. The van der Waals surface area contributed by atoms with Crippen LogP contribution in [0.2, 0.25) is 0 Å². The van der Waals surface area contributed by atoms with Crippen LogP contribution >= 0.6 is 0 Å². The van der Waals surface area contributed by atoms with Crippen LogP contribution in [-0.4, -0.2) is 16.9 Å². The minimum absolute atomic E-state index is 0.159. The maximum absolute atomic E-state index is 10.9. The minimum atomic E-state index is -0.820. The van der Waals surface area contributed by atoms with Gasteiger partial charge in [-0.2, -0.15) is 4.91 Å². The lowest BCUT2D eigenvalue weighted by Gasteiger charge is -2.04. The number of rotatable bonds is 4. The summed E-state index contributed by atoms with van der Waals surface area (Å²) in [7, 11) is 0. The fourth-order valence-electron chi connectivity index (χ4n) is 1.11. The Morgan fingerprint density at radius 3 is 2.43 bits per heavy atom. The number of hydrogen-bond donors (Lipinski definition) is 1. The number of phenols is 1. The van der Waals surface area contributed by atoms with Crippen LogP contribution in [0.5, 0.6) is 5.75 Å². The molecule has 0 bridgehead atoms. The van der Waals surface area contributed by atoms with E-state index in [1.807, 2.05) is 0 Å². The Bertz CT molecular complexity index is 332. The first-order valence-corrected chi connectivity index (χ1v) is 4.24. The van der Waals surface area contributed by atoms with Crippen LogP contribution in [0.4, 0.5) is 0 Å². The fourth-order valence-corrected chi connectivity index (χ4v) is 1.11. The first kappa shape index (κ1) is 10.4. The van der Waals surface area contributed by atoms with E-state index >= 15 is 0 Å². The van der Waals surface area contributed by atoms with Crippen molar-refractivity contribution in [3.05, 3.63) is 34.7 Å². The SMILES string of the molecule is CC(=O)C(Cc1ccc(O)cc1)N=O. The van der Waals surface area contributed by atoms with Gasteiger partial charge in [-0.25, -0.2) is 0 Å². The summed E-state index contributed by atoms with van der Waals surface area (Å²) in [5.74, 6) is -0.0831. The van der Waals surface area contributed by atoms with Gasteiger partial charge < -0.3 is 5.11 Å². The van der Waals surface area contributed by atoms with E-state index in [2.05, 4.69) is 5.18 Å². The van der Waals surface area contributed by atoms with E-state index in [0.717, 1.165) is 5.56 Å². The fraction of sp³-hybridized carbons (Fsp3) is 0.300. The zero-order valence-electron chi connectivity index (χ0n) is 7.80. The average Bonchev–Trinajstić information content (AvgIpc) is 2.16. The molecule has 0 radical (unpaired) electrons. The topological polar surface area (TPSA) is 66.7 Å². The molecule has 0 aliphatic carbocycles. The number of carbonyl (C=O) groups is 1. The first-order chi connectivity index (χ1) is 6.63. The second-order valence-electron chi connectivity index (χ2n) is 3.10. The van der Waals surface area contributed by atoms with Gasteiger partial charge in [-0.3, -0.25) is 4.79 Å². The summed E-state index contributed by atoms with van der Waals surface area (Å²) < 4.78 is 0. The van der Waals surface area contributed by atoms with Gasteiger partial charge in [-0.05, 0) is 24.6 Å². The maximum Gasteiger partial charge on any atom is 0.158 e. The largest absolute Gasteiger partial charge is 0.508 e. The van der Waals surface area contributed by atoms with Crippen molar-refractivity contribution >= 4 is 5.78 Å². The summed E-state index contributed by atoms with van der Waals surface area (Å²) in [6.07, 6.45) is 0.291. The molecule has 1 atom stereocenters. The Kier molecular flexibility index (Phi) is 3.34. The molecule has 0 aliphatic rings. The molecule has 0 aliphatic heterocycles. The van der Waals surface area contributed by atoms with Gasteiger partial charge in [0.2, 0.25) is 0 Å². The molecular weight excluding hydrogens is 182 g/mol. The number of Topliss-reactive ketones (excluding diaryl/α,β-unsaturated/α-hetero) is 1. The first-order valence-electron chi connectivity index (χ1n) is 4.24. The lowest BCUT2D eigenvalue weighted by Crippen LogP contribution is -2.17. The smallest absolute Gasteiger partial charge is 0.158 e. The summed E-state index contributed by atoms with van der Waals surface area (Å²) in [4.78, 5) is 21.2. The van der Waals surface area contributed by atoms with Crippen LogP contribution < -0.4 is 0 Å². The van der Waals surface area contributed by atoms with Crippen molar-refractivity contribution in [3.63, 3.8) is 0 Å². The van der Waals surface area contributed by atoms with Crippen LogP contribution in [0.25, 0.3) is 0 Å². The van der Waals surface area contributed by atoms with Crippen molar-refractivity contribution in [1.29, 1.82) is 0 Å². The van der Waals surface area contributed by atoms with E-state index in [1.165, 1.54) is 19.1 Å².